The Hall–Kier alpha value is -2.33. The molecule has 0 spiro atoms. The van der Waals surface area contributed by atoms with Gasteiger partial charge in [-0.05, 0) is 41.7 Å². The Balaban J connectivity index is 1.90. The normalized spacial score (nSPS) is 15.2. The van der Waals surface area contributed by atoms with Crippen LogP contribution in [-0.2, 0) is 11.3 Å². The van der Waals surface area contributed by atoms with Gasteiger partial charge in [0.25, 0.3) is 5.91 Å². The summed E-state index contributed by atoms with van der Waals surface area (Å²) in [5.41, 5.74) is 10.2. The number of nitrogens with zero attached hydrogens (tertiary/aromatic N) is 1. The molecule has 0 bridgehead atoms. The molecule has 2 aromatic rings. The summed E-state index contributed by atoms with van der Waals surface area (Å²) in [4.78, 5) is 14.2. The van der Waals surface area contributed by atoms with Gasteiger partial charge in [-0.25, -0.2) is 0 Å². The molecule has 4 nitrogen and oxygen atoms in total. The first-order valence-corrected chi connectivity index (χ1v) is 8.37. The van der Waals surface area contributed by atoms with Crippen molar-refractivity contribution in [3.05, 3.63) is 59.2 Å². The second-order valence-electron chi connectivity index (χ2n) is 6.68. The van der Waals surface area contributed by atoms with Crippen LogP contribution in [0.5, 0.6) is 5.75 Å². The summed E-state index contributed by atoms with van der Waals surface area (Å²) in [6.07, 6.45) is 0. The number of nitrogens with two attached hydrogens (primary N) is 1. The van der Waals surface area contributed by atoms with Gasteiger partial charge in [0.05, 0.1) is 12.2 Å². The minimum absolute atomic E-state index is 0.0303. The Morgan fingerprint density at radius 2 is 1.75 bits per heavy atom. The van der Waals surface area contributed by atoms with Gasteiger partial charge >= 0.3 is 0 Å². The van der Waals surface area contributed by atoms with Crippen LogP contribution in [0, 0.1) is 0 Å². The molecule has 1 unspecified atom stereocenters. The molecule has 3 rings (SSSR count). The Morgan fingerprint density at radius 3 is 2.38 bits per heavy atom. The molecule has 2 N–H and O–H groups in total. The number of carbonyl (C=O) groups excluding carboxylic acids is 1. The van der Waals surface area contributed by atoms with E-state index in [1.165, 1.54) is 5.56 Å². The van der Waals surface area contributed by atoms with Crippen LogP contribution in [0.2, 0.25) is 0 Å². The van der Waals surface area contributed by atoms with E-state index in [-0.39, 0.29) is 18.6 Å². The molecule has 1 aliphatic rings. The third-order valence-electron chi connectivity index (χ3n) is 4.44. The van der Waals surface area contributed by atoms with Crippen LogP contribution in [0.25, 0.3) is 0 Å². The molecule has 1 amide bonds. The number of anilines is 1. The van der Waals surface area contributed by atoms with Crippen molar-refractivity contribution >= 4 is 11.6 Å². The van der Waals surface area contributed by atoms with E-state index in [0.717, 1.165) is 22.6 Å². The molecule has 0 saturated carbocycles. The number of hydrogen-bond acceptors (Lipinski definition) is 3. The van der Waals surface area contributed by atoms with Crippen LogP contribution in [0.15, 0.2) is 42.5 Å². The number of hydrogen-bond donors (Lipinski definition) is 1. The van der Waals surface area contributed by atoms with Crippen molar-refractivity contribution in [1.82, 2.24) is 0 Å². The van der Waals surface area contributed by atoms with E-state index in [1.807, 2.05) is 25.1 Å². The largest absolute Gasteiger partial charge is 0.482 e. The lowest BCUT2D eigenvalue weighted by molar-refractivity contribution is -0.121. The van der Waals surface area contributed by atoms with Crippen LogP contribution in [0.1, 0.15) is 49.4 Å². The van der Waals surface area contributed by atoms with Crippen LogP contribution in [-0.4, -0.2) is 12.5 Å². The SMILES string of the molecule is CC(C)c1ccc(CN2C(=O)COc3ccc(C(C)N)cc32)cc1. The van der Waals surface area contributed by atoms with E-state index < -0.39 is 0 Å². The van der Waals surface area contributed by atoms with E-state index in [4.69, 9.17) is 10.5 Å². The third kappa shape index (κ3) is 3.29. The molecule has 1 aliphatic heterocycles. The Bertz CT molecular complexity index is 736. The topological polar surface area (TPSA) is 55.6 Å². The number of amides is 1. The summed E-state index contributed by atoms with van der Waals surface area (Å²) in [7, 11) is 0. The number of fused-ring (bicyclic) bond motifs is 1. The summed E-state index contributed by atoms with van der Waals surface area (Å²) in [5, 5.41) is 0. The van der Waals surface area contributed by atoms with Gasteiger partial charge in [-0.2, -0.15) is 0 Å². The molecular weight excluding hydrogens is 300 g/mol. The highest BCUT2D eigenvalue weighted by molar-refractivity contribution is 5.97. The summed E-state index contributed by atoms with van der Waals surface area (Å²) in [5.74, 6) is 1.20. The van der Waals surface area contributed by atoms with Crippen molar-refractivity contribution in [1.29, 1.82) is 0 Å². The fourth-order valence-electron chi connectivity index (χ4n) is 2.87. The first-order chi connectivity index (χ1) is 11.5. The summed E-state index contributed by atoms with van der Waals surface area (Å²) < 4.78 is 5.56. The van der Waals surface area contributed by atoms with E-state index in [0.29, 0.717) is 12.5 Å². The van der Waals surface area contributed by atoms with Gasteiger partial charge < -0.3 is 15.4 Å². The van der Waals surface area contributed by atoms with E-state index >= 15 is 0 Å². The van der Waals surface area contributed by atoms with Crippen molar-refractivity contribution in [2.45, 2.75) is 39.3 Å². The van der Waals surface area contributed by atoms with Crippen molar-refractivity contribution < 1.29 is 9.53 Å². The molecular formula is C20H24N2O2. The summed E-state index contributed by atoms with van der Waals surface area (Å²) in [6.45, 7) is 6.89. The second kappa shape index (κ2) is 6.65. The predicted octanol–water partition coefficient (Wildman–Crippen LogP) is 3.76. The number of rotatable bonds is 4. The van der Waals surface area contributed by atoms with Gasteiger partial charge in [0.15, 0.2) is 6.61 Å². The quantitative estimate of drug-likeness (QED) is 0.932. The Kier molecular flexibility index (Phi) is 4.58. The van der Waals surface area contributed by atoms with Crippen molar-refractivity contribution in [2.24, 2.45) is 5.73 Å². The number of carbonyl (C=O) groups is 1. The molecule has 24 heavy (non-hydrogen) atoms. The molecule has 0 aromatic heterocycles. The lowest BCUT2D eigenvalue weighted by Crippen LogP contribution is -2.38. The number of benzene rings is 2. The maximum Gasteiger partial charge on any atom is 0.265 e. The van der Waals surface area contributed by atoms with E-state index in [1.54, 1.807) is 4.90 Å². The van der Waals surface area contributed by atoms with Crippen LogP contribution in [0.4, 0.5) is 5.69 Å². The average Bonchev–Trinajstić information content (AvgIpc) is 2.57. The van der Waals surface area contributed by atoms with Crippen molar-refractivity contribution in [2.75, 3.05) is 11.5 Å². The molecule has 1 atom stereocenters. The van der Waals surface area contributed by atoms with Gasteiger partial charge in [0.1, 0.15) is 5.75 Å². The van der Waals surface area contributed by atoms with Crippen LogP contribution >= 0.6 is 0 Å². The zero-order valence-electron chi connectivity index (χ0n) is 14.5. The molecule has 1 heterocycles. The minimum Gasteiger partial charge on any atom is -0.482 e. The molecule has 2 aromatic carbocycles. The van der Waals surface area contributed by atoms with E-state index in [2.05, 4.69) is 38.1 Å². The zero-order chi connectivity index (χ0) is 17.3. The first kappa shape index (κ1) is 16.5. The van der Waals surface area contributed by atoms with Gasteiger partial charge in [0.2, 0.25) is 0 Å². The van der Waals surface area contributed by atoms with Crippen LogP contribution < -0.4 is 15.4 Å². The molecule has 0 saturated heterocycles. The average molecular weight is 324 g/mol. The maximum atomic E-state index is 12.4. The van der Waals surface area contributed by atoms with Crippen molar-refractivity contribution in [3.8, 4) is 5.75 Å². The molecule has 4 heteroatoms. The summed E-state index contributed by atoms with van der Waals surface area (Å²) in [6, 6.07) is 14.2. The van der Waals surface area contributed by atoms with Crippen LogP contribution in [0.3, 0.4) is 0 Å². The fourth-order valence-corrected chi connectivity index (χ4v) is 2.87. The smallest absolute Gasteiger partial charge is 0.265 e. The number of ether oxygens (including phenoxy) is 1. The third-order valence-corrected chi connectivity index (χ3v) is 4.44. The first-order valence-electron chi connectivity index (χ1n) is 8.37. The monoisotopic (exact) mass is 324 g/mol. The summed E-state index contributed by atoms with van der Waals surface area (Å²) >= 11 is 0. The maximum absolute atomic E-state index is 12.4. The molecule has 126 valence electrons. The van der Waals surface area contributed by atoms with Gasteiger partial charge in [-0.3, -0.25) is 4.79 Å². The lowest BCUT2D eigenvalue weighted by atomic mass is 10.0. The zero-order valence-corrected chi connectivity index (χ0v) is 14.5. The predicted molar refractivity (Wildman–Crippen MR) is 96.3 cm³/mol. The Morgan fingerprint density at radius 1 is 1.08 bits per heavy atom. The molecule has 0 fully saturated rings. The molecule has 0 aliphatic carbocycles. The standard InChI is InChI=1S/C20H24N2O2/c1-13(2)16-6-4-15(5-7-16)11-22-18-10-17(14(3)21)8-9-19(18)24-12-20(22)23/h4-10,13-14H,11-12,21H2,1-3H3. The van der Waals surface area contributed by atoms with Gasteiger partial charge in [0, 0.05) is 6.04 Å². The lowest BCUT2D eigenvalue weighted by Gasteiger charge is -2.30. The van der Waals surface area contributed by atoms with Gasteiger partial charge in [-0.1, -0.05) is 44.2 Å². The second-order valence-corrected chi connectivity index (χ2v) is 6.68. The van der Waals surface area contributed by atoms with Gasteiger partial charge in [-0.15, -0.1) is 0 Å². The van der Waals surface area contributed by atoms with Crippen molar-refractivity contribution in [3.63, 3.8) is 0 Å². The Labute approximate surface area is 143 Å². The van der Waals surface area contributed by atoms with E-state index in [9.17, 15) is 4.79 Å². The highest BCUT2D eigenvalue weighted by Crippen LogP contribution is 2.35. The minimum atomic E-state index is -0.0838. The highest BCUT2D eigenvalue weighted by atomic mass is 16.5. The molecule has 0 radical (unpaired) electrons. The highest BCUT2D eigenvalue weighted by Gasteiger charge is 2.26. The fraction of sp³-hybridized carbons (Fsp3) is 0.350.